The molecule has 2 rings (SSSR count). The van der Waals surface area contributed by atoms with Gasteiger partial charge in [-0.05, 0) is 24.3 Å². The third-order valence-electron chi connectivity index (χ3n) is 2.74. The largest absolute Gasteiger partial charge is 0.435 e. The lowest BCUT2D eigenvalue weighted by Crippen LogP contribution is -2.22. The first-order valence-electron chi connectivity index (χ1n) is 6.47. The number of hydrogen-bond donors (Lipinski definition) is 1. The van der Waals surface area contributed by atoms with E-state index in [2.05, 4.69) is 26.2 Å². The van der Waals surface area contributed by atoms with Gasteiger partial charge in [0.15, 0.2) is 5.82 Å². The number of halogens is 3. The van der Waals surface area contributed by atoms with Crippen molar-refractivity contribution in [2.75, 3.05) is 0 Å². The predicted molar refractivity (Wildman–Crippen MR) is 85.4 cm³/mol. The van der Waals surface area contributed by atoms with Gasteiger partial charge in [-0.25, -0.2) is 9.37 Å². The first-order valence-corrected chi connectivity index (χ1v) is 7.64. The minimum atomic E-state index is -0.482. The third-order valence-corrected chi connectivity index (χ3v) is 3.53. The molecule has 0 aliphatic carbocycles. The van der Waals surface area contributed by atoms with E-state index >= 15 is 0 Å². The molecule has 1 aromatic heterocycles. The van der Waals surface area contributed by atoms with Crippen molar-refractivity contribution in [1.29, 1.82) is 0 Å². The van der Waals surface area contributed by atoms with Crippen molar-refractivity contribution in [1.82, 2.24) is 10.3 Å². The van der Waals surface area contributed by atoms with Crippen molar-refractivity contribution in [2.45, 2.75) is 26.4 Å². The Labute approximate surface area is 136 Å². The maximum atomic E-state index is 14.3. The average Bonchev–Trinajstić information content (AvgIpc) is 2.42. The predicted octanol–water partition coefficient (Wildman–Crippen LogP) is 4.93. The fraction of sp³-hybridized carbons (Fsp3) is 0.267. The molecule has 1 aromatic carbocycles. The fourth-order valence-electron chi connectivity index (χ4n) is 1.65. The highest BCUT2D eigenvalue weighted by Gasteiger charge is 2.13. The van der Waals surface area contributed by atoms with E-state index in [0.717, 1.165) is 4.47 Å². The van der Waals surface area contributed by atoms with Gasteiger partial charge in [-0.1, -0.05) is 41.4 Å². The van der Waals surface area contributed by atoms with E-state index in [-0.39, 0.29) is 11.9 Å². The zero-order chi connectivity index (χ0) is 15.4. The van der Waals surface area contributed by atoms with Crippen LogP contribution in [-0.2, 0) is 6.54 Å². The summed E-state index contributed by atoms with van der Waals surface area (Å²) >= 11 is 9.36. The molecule has 0 amide bonds. The van der Waals surface area contributed by atoms with E-state index in [0.29, 0.717) is 22.9 Å². The number of benzene rings is 1. The van der Waals surface area contributed by atoms with Crippen LogP contribution in [0.15, 0.2) is 34.9 Å². The highest BCUT2D eigenvalue weighted by molar-refractivity contribution is 9.10. The van der Waals surface area contributed by atoms with Crippen molar-refractivity contribution in [3.05, 3.63) is 51.3 Å². The van der Waals surface area contributed by atoms with Gasteiger partial charge in [-0.3, -0.25) is 0 Å². The molecule has 0 atom stereocenters. The Morgan fingerprint density at radius 2 is 2.14 bits per heavy atom. The van der Waals surface area contributed by atoms with Crippen LogP contribution in [0.25, 0.3) is 0 Å². The first kappa shape index (κ1) is 16.2. The molecule has 6 heteroatoms. The molecule has 1 heterocycles. The fourth-order valence-corrected chi connectivity index (χ4v) is 2.36. The van der Waals surface area contributed by atoms with E-state index < -0.39 is 5.82 Å². The van der Waals surface area contributed by atoms with E-state index in [1.54, 1.807) is 24.3 Å². The van der Waals surface area contributed by atoms with Crippen molar-refractivity contribution in [3.8, 4) is 11.6 Å². The highest BCUT2D eigenvalue weighted by Crippen LogP contribution is 2.32. The maximum Gasteiger partial charge on any atom is 0.256 e. The molecule has 0 saturated carbocycles. The summed E-state index contributed by atoms with van der Waals surface area (Å²) in [5.74, 6) is -0.202. The Hall–Kier alpha value is -1.17. The van der Waals surface area contributed by atoms with E-state index in [1.165, 1.54) is 6.20 Å². The topological polar surface area (TPSA) is 34.2 Å². The smallest absolute Gasteiger partial charge is 0.256 e. The average molecular weight is 374 g/mol. The van der Waals surface area contributed by atoms with E-state index in [9.17, 15) is 4.39 Å². The Morgan fingerprint density at radius 1 is 1.38 bits per heavy atom. The highest BCUT2D eigenvalue weighted by atomic mass is 79.9. The molecule has 3 nitrogen and oxygen atoms in total. The molecule has 2 aromatic rings. The van der Waals surface area contributed by atoms with Gasteiger partial charge in [0.2, 0.25) is 0 Å². The summed E-state index contributed by atoms with van der Waals surface area (Å²) in [6.07, 6.45) is 1.52. The maximum absolute atomic E-state index is 14.3. The SMILES string of the molecule is CC(C)NCc1ccnc(Oc2ccc(Br)cc2Cl)c1F. The van der Waals surface area contributed by atoms with Crippen molar-refractivity contribution in [2.24, 2.45) is 0 Å². The first-order chi connectivity index (χ1) is 9.97. The van der Waals surface area contributed by atoms with Crippen LogP contribution in [-0.4, -0.2) is 11.0 Å². The molecule has 112 valence electrons. The van der Waals surface area contributed by atoms with Crippen LogP contribution in [0.5, 0.6) is 11.6 Å². The lowest BCUT2D eigenvalue weighted by Gasteiger charge is -2.12. The quantitative estimate of drug-likeness (QED) is 0.807. The molecular weight excluding hydrogens is 359 g/mol. The van der Waals surface area contributed by atoms with Crippen molar-refractivity contribution in [3.63, 3.8) is 0 Å². The Bertz CT molecular complexity index is 637. The molecule has 21 heavy (non-hydrogen) atoms. The summed E-state index contributed by atoms with van der Waals surface area (Å²) in [4.78, 5) is 3.93. The second kappa shape index (κ2) is 7.20. The number of rotatable bonds is 5. The monoisotopic (exact) mass is 372 g/mol. The molecule has 0 radical (unpaired) electrons. The van der Waals surface area contributed by atoms with E-state index in [4.69, 9.17) is 16.3 Å². The molecule has 0 unspecified atom stereocenters. The van der Waals surface area contributed by atoms with Gasteiger partial charge in [-0.2, -0.15) is 0 Å². The number of hydrogen-bond acceptors (Lipinski definition) is 3. The van der Waals surface area contributed by atoms with Crippen LogP contribution in [0, 0.1) is 5.82 Å². The standard InChI is InChI=1S/C15H15BrClFN2O/c1-9(2)20-8-10-5-6-19-15(14(10)18)21-13-4-3-11(16)7-12(13)17/h3-7,9,20H,8H2,1-2H3. The Morgan fingerprint density at radius 3 is 2.81 bits per heavy atom. The van der Waals surface area contributed by atoms with Gasteiger partial charge in [0.25, 0.3) is 5.88 Å². The molecule has 0 saturated heterocycles. The Kier molecular flexibility index (Phi) is 5.56. The molecule has 0 spiro atoms. The number of ether oxygens (including phenoxy) is 1. The molecule has 0 bridgehead atoms. The zero-order valence-corrected chi connectivity index (χ0v) is 14.0. The number of nitrogens with zero attached hydrogens (tertiary/aromatic N) is 1. The van der Waals surface area contributed by atoms with E-state index in [1.807, 2.05) is 13.8 Å². The minimum absolute atomic E-state index is 0.0812. The molecule has 1 N–H and O–H groups in total. The second-order valence-electron chi connectivity index (χ2n) is 4.80. The molecular formula is C15H15BrClFN2O. The second-order valence-corrected chi connectivity index (χ2v) is 6.12. The van der Waals surface area contributed by atoms with Crippen LogP contribution in [0.4, 0.5) is 4.39 Å². The van der Waals surface area contributed by atoms with Crippen LogP contribution in [0.1, 0.15) is 19.4 Å². The summed E-state index contributed by atoms with van der Waals surface area (Å²) in [7, 11) is 0. The minimum Gasteiger partial charge on any atom is -0.435 e. The summed E-state index contributed by atoms with van der Waals surface area (Å²) in [6, 6.07) is 7.00. The van der Waals surface area contributed by atoms with Gasteiger partial charge in [-0.15, -0.1) is 0 Å². The summed E-state index contributed by atoms with van der Waals surface area (Å²) in [6.45, 7) is 4.41. The number of aromatic nitrogens is 1. The van der Waals surface area contributed by atoms with Crippen LogP contribution in [0.3, 0.4) is 0 Å². The van der Waals surface area contributed by atoms with Crippen molar-refractivity contribution < 1.29 is 9.13 Å². The zero-order valence-electron chi connectivity index (χ0n) is 11.7. The molecule has 0 fully saturated rings. The van der Waals surface area contributed by atoms with Crippen LogP contribution in [0.2, 0.25) is 5.02 Å². The van der Waals surface area contributed by atoms with Gasteiger partial charge < -0.3 is 10.1 Å². The summed E-state index contributed by atoms with van der Waals surface area (Å²) in [5.41, 5.74) is 0.502. The van der Waals surface area contributed by atoms with Crippen molar-refractivity contribution >= 4 is 27.5 Å². The van der Waals surface area contributed by atoms with Gasteiger partial charge in [0.1, 0.15) is 5.75 Å². The normalized spacial score (nSPS) is 11.0. The van der Waals surface area contributed by atoms with Crippen LogP contribution < -0.4 is 10.1 Å². The lowest BCUT2D eigenvalue weighted by atomic mass is 10.2. The lowest BCUT2D eigenvalue weighted by molar-refractivity contribution is 0.416. The summed E-state index contributed by atoms with van der Waals surface area (Å²) < 4.78 is 20.6. The number of nitrogens with one attached hydrogen (secondary N) is 1. The molecule has 0 aliphatic rings. The van der Waals surface area contributed by atoms with Crippen LogP contribution >= 0.6 is 27.5 Å². The third kappa shape index (κ3) is 4.40. The van der Waals surface area contributed by atoms with Gasteiger partial charge in [0.05, 0.1) is 5.02 Å². The van der Waals surface area contributed by atoms with Gasteiger partial charge >= 0.3 is 0 Å². The Balaban J connectivity index is 2.22. The van der Waals surface area contributed by atoms with Gasteiger partial charge in [0, 0.05) is 28.8 Å². The molecule has 0 aliphatic heterocycles. The summed E-state index contributed by atoms with van der Waals surface area (Å²) in [5, 5.41) is 3.54. The number of pyridine rings is 1.